The first-order valence-corrected chi connectivity index (χ1v) is 4.85. The first-order valence-electron chi connectivity index (χ1n) is 4.85. The monoisotopic (exact) mass is 205 g/mol. The highest BCUT2D eigenvalue weighted by Crippen LogP contribution is 2.15. The molecular formula is C10H11N3O2. The van der Waals surface area contributed by atoms with Crippen LogP contribution < -0.4 is 5.56 Å². The number of aromatic amines is 1. The van der Waals surface area contributed by atoms with Crippen molar-refractivity contribution >= 4 is 0 Å². The van der Waals surface area contributed by atoms with E-state index in [0.717, 1.165) is 19.6 Å². The summed E-state index contributed by atoms with van der Waals surface area (Å²) in [7, 11) is 0. The summed E-state index contributed by atoms with van der Waals surface area (Å²) in [4.78, 5) is 17.9. The second-order valence-electron chi connectivity index (χ2n) is 3.62. The van der Waals surface area contributed by atoms with Crippen molar-refractivity contribution in [3.05, 3.63) is 27.9 Å². The molecular weight excluding hydrogens is 194 g/mol. The Labute approximate surface area is 86.7 Å². The van der Waals surface area contributed by atoms with E-state index < -0.39 is 0 Å². The maximum absolute atomic E-state index is 11.3. The second-order valence-corrected chi connectivity index (χ2v) is 3.62. The summed E-state index contributed by atoms with van der Waals surface area (Å²) >= 11 is 0. The molecule has 0 aliphatic carbocycles. The Balaban J connectivity index is 2.13. The predicted octanol–water partition coefficient (Wildman–Crippen LogP) is 0.221. The molecule has 0 amide bonds. The summed E-state index contributed by atoms with van der Waals surface area (Å²) < 4.78 is 5.23. The molecule has 2 heterocycles. The van der Waals surface area contributed by atoms with Crippen LogP contribution in [0.4, 0.5) is 0 Å². The van der Waals surface area contributed by atoms with E-state index >= 15 is 0 Å². The quantitative estimate of drug-likeness (QED) is 0.749. The van der Waals surface area contributed by atoms with Crippen LogP contribution in [0.25, 0.3) is 0 Å². The number of ether oxygens (including phenoxy) is 1. The normalized spacial score (nSPS) is 20.1. The third kappa shape index (κ3) is 2.22. The fraction of sp³-hybridized carbons (Fsp3) is 0.500. The van der Waals surface area contributed by atoms with Crippen molar-refractivity contribution in [1.29, 1.82) is 5.26 Å². The van der Waals surface area contributed by atoms with E-state index in [1.54, 1.807) is 6.07 Å². The Hall–Kier alpha value is -1.67. The van der Waals surface area contributed by atoms with Gasteiger partial charge in [-0.25, -0.2) is 4.98 Å². The molecule has 0 aromatic carbocycles. The van der Waals surface area contributed by atoms with Gasteiger partial charge in [0.25, 0.3) is 5.56 Å². The van der Waals surface area contributed by atoms with E-state index in [9.17, 15) is 4.79 Å². The van der Waals surface area contributed by atoms with Crippen molar-refractivity contribution in [2.75, 3.05) is 13.2 Å². The Bertz CT molecular complexity index is 441. The van der Waals surface area contributed by atoms with E-state index in [-0.39, 0.29) is 11.1 Å². The van der Waals surface area contributed by atoms with Gasteiger partial charge in [-0.05, 0) is 12.3 Å². The summed E-state index contributed by atoms with van der Waals surface area (Å²) in [6, 6.07) is 1.79. The lowest BCUT2D eigenvalue weighted by atomic mass is 10.1. The van der Waals surface area contributed by atoms with Gasteiger partial charge >= 0.3 is 0 Å². The highest BCUT2D eigenvalue weighted by atomic mass is 16.5. The number of hydrogen-bond acceptors (Lipinski definition) is 4. The molecule has 0 bridgehead atoms. The van der Waals surface area contributed by atoms with Crippen molar-refractivity contribution in [3.63, 3.8) is 0 Å². The van der Waals surface area contributed by atoms with Gasteiger partial charge in [-0.2, -0.15) is 5.26 Å². The van der Waals surface area contributed by atoms with Gasteiger partial charge in [0, 0.05) is 19.6 Å². The number of aromatic nitrogens is 2. The molecule has 1 fully saturated rings. The second kappa shape index (κ2) is 4.24. The Kier molecular flexibility index (Phi) is 2.79. The third-order valence-electron chi connectivity index (χ3n) is 2.48. The van der Waals surface area contributed by atoms with E-state index in [1.807, 2.05) is 0 Å². The summed E-state index contributed by atoms with van der Waals surface area (Å²) in [6.45, 7) is 1.51. The van der Waals surface area contributed by atoms with Crippen LogP contribution in [0, 0.1) is 17.2 Å². The predicted molar refractivity (Wildman–Crippen MR) is 52.2 cm³/mol. The first-order chi connectivity index (χ1) is 7.29. The third-order valence-corrected chi connectivity index (χ3v) is 2.48. The number of hydrogen-bond donors (Lipinski definition) is 1. The molecule has 1 aromatic heterocycles. The largest absolute Gasteiger partial charge is 0.381 e. The van der Waals surface area contributed by atoms with Crippen LogP contribution in [0.15, 0.2) is 11.0 Å². The van der Waals surface area contributed by atoms with Gasteiger partial charge in [0.1, 0.15) is 17.5 Å². The van der Waals surface area contributed by atoms with Crippen LogP contribution in [0.5, 0.6) is 0 Å². The van der Waals surface area contributed by atoms with Crippen LogP contribution >= 0.6 is 0 Å². The van der Waals surface area contributed by atoms with Gasteiger partial charge in [-0.1, -0.05) is 0 Å². The molecule has 1 aliphatic rings. The number of rotatable bonds is 2. The molecule has 0 saturated carbocycles. The average molecular weight is 205 g/mol. The van der Waals surface area contributed by atoms with Crippen LogP contribution in [-0.2, 0) is 11.2 Å². The topological polar surface area (TPSA) is 78.8 Å². The Morgan fingerprint density at radius 3 is 3.20 bits per heavy atom. The molecule has 1 atom stereocenters. The molecule has 5 heteroatoms. The van der Waals surface area contributed by atoms with Gasteiger partial charge < -0.3 is 9.72 Å². The summed E-state index contributed by atoms with van der Waals surface area (Å²) in [5.41, 5.74) is -0.303. The minimum Gasteiger partial charge on any atom is -0.381 e. The maximum Gasteiger partial charge on any atom is 0.268 e. The van der Waals surface area contributed by atoms with Crippen molar-refractivity contribution in [2.45, 2.75) is 12.8 Å². The maximum atomic E-state index is 11.3. The zero-order valence-electron chi connectivity index (χ0n) is 8.19. The van der Waals surface area contributed by atoms with Gasteiger partial charge in [-0.15, -0.1) is 0 Å². The Morgan fingerprint density at radius 1 is 1.73 bits per heavy atom. The molecule has 15 heavy (non-hydrogen) atoms. The minimum absolute atomic E-state index is 0.0569. The van der Waals surface area contributed by atoms with Gasteiger partial charge in [0.15, 0.2) is 0 Å². The van der Waals surface area contributed by atoms with Crippen molar-refractivity contribution < 1.29 is 4.74 Å². The highest BCUT2D eigenvalue weighted by molar-refractivity contribution is 5.22. The number of H-pyrrole nitrogens is 1. The zero-order chi connectivity index (χ0) is 10.7. The fourth-order valence-corrected chi connectivity index (χ4v) is 1.63. The van der Waals surface area contributed by atoms with Crippen LogP contribution in [0.1, 0.15) is 17.8 Å². The Morgan fingerprint density at radius 2 is 2.60 bits per heavy atom. The molecule has 1 N–H and O–H groups in total. The number of nitrogens with zero attached hydrogens (tertiary/aromatic N) is 2. The van der Waals surface area contributed by atoms with Crippen LogP contribution in [0.3, 0.4) is 0 Å². The van der Waals surface area contributed by atoms with Crippen molar-refractivity contribution in [2.24, 2.45) is 5.92 Å². The van der Waals surface area contributed by atoms with Gasteiger partial charge in [-0.3, -0.25) is 4.79 Å². The standard InChI is InChI=1S/C10H11N3O2/c11-4-8-5-12-9(13-10(8)14)3-7-1-2-15-6-7/h5,7H,1-3,6H2,(H,12,13,14). The molecule has 5 nitrogen and oxygen atoms in total. The van der Waals surface area contributed by atoms with E-state index in [2.05, 4.69) is 9.97 Å². The van der Waals surface area contributed by atoms with Crippen molar-refractivity contribution in [3.8, 4) is 6.07 Å². The van der Waals surface area contributed by atoms with Gasteiger partial charge in [0.2, 0.25) is 0 Å². The van der Waals surface area contributed by atoms with E-state index in [1.165, 1.54) is 6.20 Å². The molecule has 1 aromatic rings. The average Bonchev–Trinajstić information content (AvgIpc) is 2.71. The molecule has 1 saturated heterocycles. The molecule has 2 rings (SSSR count). The summed E-state index contributed by atoms with van der Waals surface area (Å²) in [5.74, 6) is 1.07. The number of nitriles is 1. The number of nitrogens with one attached hydrogen (secondary N) is 1. The SMILES string of the molecule is N#Cc1cnc(CC2CCOC2)[nH]c1=O. The molecule has 1 unspecified atom stereocenters. The van der Waals surface area contributed by atoms with Crippen LogP contribution in [-0.4, -0.2) is 23.2 Å². The lowest BCUT2D eigenvalue weighted by Gasteiger charge is -2.05. The van der Waals surface area contributed by atoms with Gasteiger partial charge in [0.05, 0.1) is 6.20 Å². The molecule has 1 aliphatic heterocycles. The zero-order valence-corrected chi connectivity index (χ0v) is 8.19. The van der Waals surface area contributed by atoms with E-state index in [4.69, 9.17) is 10.00 Å². The lowest BCUT2D eigenvalue weighted by molar-refractivity contribution is 0.185. The lowest BCUT2D eigenvalue weighted by Crippen LogP contribution is -2.16. The minimum atomic E-state index is -0.360. The molecule has 0 radical (unpaired) electrons. The summed E-state index contributed by atoms with van der Waals surface area (Å²) in [5, 5.41) is 8.56. The van der Waals surface area contributed by atoms with Crippen LogP contribution in [0.2, 0.25) is 0 Å². The smallest absolute Gasteiger partial charge is 0.268 e. The first kappa shape index (κ1) is 9.87. The highest BCUT2D eigenvalue weighted by Gasteiger charge is 2.17. The van der Waals surface area contributed by atoms with Crippen molar-refractivity contribution in [1.82, 2.24) is 9.97 Å². The summed E-state index contributed by atoms with van der Waals surface area (Å²) in [6.07, 6.45) is 3.04. The fourth-order valence-electron chi connectivity index (χ4n) is 1.63. The molecule has 0 spiro atoms. The van der Waals surface area contributed by atoms with E-state index in [0.29, 0.717) is 18.2 Å². The molecule has 78 valence electrons.